The molecular formula is C15H23N5O4S. The Labute approximate surface area is 146 Å². The van der Waals surface area contributed by atoms with Crippen molar-refractivity contribution in [2.45, 2.75) is 45.8 Å². The number of hydrogen-bond acceptors (Lipinski definition) is 7. The summed E-state index contributed by atoms with van der Waals surface area (Å²) < 4.78 is 28.3. The zero-order valence-corrected chi connectivity index (χ0v) is 15.8. The Morgan fingerprint density at radius 3 is 2.60 bits per heavy atom. The first-order valence-corrected chi connectivity index (χ1v) is 9.58. The summed E-state index contributed by atoms with van der Waals surface area (Å²) in [6, 6.07) is 1.66. The van der Waals surface area contributed by atoms with Crippen LogP contribution in [0.3, 0.4) is 0 Å². The number of nitrogens with one attached hydrogen (secondary N) is 2. The van der Waals surface area contributed by atoms with Crippen LogP contribution in [0.1, 0.15) is 39.9 Å². The van der Waals surface area contributed by atoms with Crippen molar-refractivity contribution in [1.29, 1.82) is 0 Å². The minimum Gasteiger partial charge on any atom is -0.361 e. The van der Waals surface area contributed by atoms with Gasteiger partial charge in [-0.3, -0.25) is 10.1 Å². The van der Waals surface area contributed by atoms with Gasteiger partial charge in [0.25, 0.3) is 0 Å². The third kappa shape index (κ3) is 4.25. The minimum atomic E-state index is -3.62. The Bertz CT molecular complexity index is 851. The summed E-state index contributed by atoms with van der Waals surface area (Å²) in [7, 11) is -3.62. The number of aromatic nitrogens is 4. The fourth-order valence-electron chi connectivity index (χ4n) is 1.96. The van der Waals surface area contributed by atoms with E-state index in [-0.39, 0.29) is 17.6 Å². The quantitative estimate of drug-likeness (QED) is 0.762. The number of H-pyrrole nitrogens is 1. The van der Waals surface area contributed by atoms with Crippen molar-refractivity contribution in [3.63, 3.8) is 0 Å². The lowest BCUT2D eigenvalue weighted by atomic mass is 10.2. The van der Waals surface area contributed by atoms with Crippen LogP contribution in [0.15, 0.2) is 10.6 Å². The fraction of sp³-hybridized carbons (Fsp3) is 0.600. The van der Waals surface area contributed by atoms with E-state index >= 15 is 0 Å². The Kier molecular flexibility index (Phi) is 5.31. The maximum absolute atomic E-state index is 12.5. The van der Waals surface area contributed by atoms with Crippen molar-refractivity contribution in [2.24, 2.45) is 5.92 Å². The van der Waals surface area contributed by atoms with E-state index in [1.54, 1.807) is 13.0 Å². The summed E-state index contributed by atoms with van der Waals surface area (Å²) in [4.78, 5) is 15.2. The third-order valence-electron chi connectivity index (χ3n) is 3.88. The van der Waals surface area contributed by atoms with Gasteiger partial charge < -0.3 is 9.51 Å². The number of rotatable bonds is 7. The second-order valence-electron chi connectivity index (χ2n) is 6.81. The molecule has 9 nitrogen and oxygen atoms in total. The number of aryl methyl sites for hydroxylation is 1. The Morgan fingerprint density at radius 2 is 2.04 bits per heavy atom. The highest BCUT2D eigenvalue weighted by atomic mass is 32.2. The van der Waals surface area contributed by atoms with E-state index in [9.17, 15) is 13.2 Å². The Balaban J connectivity index is 2.12. The monoisotopic (exact) mass is 369 g/mol. The molecule has 2 aromatic heterocycles. The highest BCUT2D eigenvalue weighted by molar-refractivity contribution is 7.93. The first-order chi connectivity index (χ1) is 11.5. The molecule has 0 aromatic carbocycles. The number of hydrogen-bond donors (Lipinski definition) is 2. The van der Waals surface area contributed by atoms with Crippen molar-refractivity contribution < 1.29 is 17.7 Å². The van der Waals surface area contributed by atoms with Crippen LogP contribution in [0, 0.1) is 12.8 Å². The minimum absolute atomic E-state index is 0.0489. The molecule has 1 amide bonds. The second-order valence-corrected chi connectivity index (χ2v) is 9.47. The van der Waals surface area contributed by atoms with Gasteiger partial charge in [-0.1, -0.05) is 19.0 Å². The molecule has 2 N–H and O–H groups in total. The molecule has 10 heteroatoms. The Morgan fingerprint density at radius 1 is 1.36 bits per heavy atom. The van der Waals surface area contributed by atoms with E-state index in [1.807, 2.05) is 13.8 Å². The molecule has 25 heavy (non-hydrogen) atoms. The second kappa shape index (κ2) is 6.95. The normalized spacial score (nSPS) is 12.6. The van der Waals surface area contributed by atoms with Crippen LogP contribution in [-0.4, -0.2) is 45.2 Å². The first kappa shape index (κ1) is 19.1. The van der Waals surface area contributed by atoms with Crippen molar-refractivity contribution in [3.8, 4) is 11.5 Å². The zero-order chi connectivity index (χ0) is 18.8. The van der Waals surface area contributed by atoms with Gasteiger partial charge in [-0.2, -0.15) is 0 Å². The molecule has 0 fully saturated rings. The number of sulfone groups is 1. The molecule has 0 radical (unpaired) electrons. The molecule has 2 aromatic rings. The average Bonchev–Trinajstić information content (AvgIpc) is 3.14. The molecule has 0 aliphatic rings. The summed E-state index contributed by atoms with van der Waals surface area (Å²) in [5.41, 5.74) is 0.439. The summed E-state index contributed by atoms with van der Waals surface area (Å²) >= 11 is 0. The molecular weight excluding hydrogens is 346 g/mol. The van der Waals surface area contributed by atoms with Gasteiger partial charge in [0.15, 0.2) is 21.4 Å². The van der Waals surface area contributed by atoms with Gasteiger partial charge in [-0.05, 0) is 33.1 Å². The molecule has 0 saturated heterocycles. The van der Waals surface area contributed by atoms with Gasteiger partial charge in [-0.15, -0.1) is 10.2 Å². The van der Waals surface area contributed by atoms with Crippen molar-refractivity contribution >= 4 is 21.7 Å². The summed E-state index contributed by atoms with van der Waals surface area (Å²) in [6.45, 7) is 8.38. The third-order valence-corrected chi connectivity index (χ3v) is 6.39. The van der Waals surface area contributed by atoms with E-state index < -0.39 is 20.5 Å². The molecule has 0 unspecified atom stereocenters. The molecule has 0 aliphatic heterocycles. The fourth-order valence-corrected chi connectivity index (χ4v) is 3.58. The zero-order valence-electron chi connectivity index (χ0n) is 15.0. The number of nitrogens with zero attached hydrogens (tertiary/aromatic N) is 3. The van der Waals surface area contributed by atoms with Crippen LogP contribution in [0.25, 0.3) is 11.5 Å². The number of aromatic amines is 1. The van der Waals surface area contributed by atoms with Gasteiger partial charge in [0.1, 0.15) is 10.5 Å². The van der Waals surface area contributed by atoms with Crippen molar-refractivity contribution in [2.75, 3.05) is 11.1 Å². The molecule has 2 heterocycles. The standard InChI is InChI=1S/C15H23N5O4S/c1-9(2)6-7-25(22,23)15(4,5)13(21)17-14-16-12(18-19-14)11-8-10(3)24-20-11/h8-9H,6-7H2,1-5H3,(H2,16,17,18,19,21). The van der Waals surface area contributed by atoms with Gasteiger partial charge >= 0.3 is 0 Å². The average molecular weight is 369 g/mol. The van der Waals surface area contributed by atoms with Gasteiger partial charge in [0.2, 0.25) is 11.9 Å². The summed E-state index contributed by atoms with van der Waals surface area (Å²) in [6.07, 6.45) is 0.497. The molecule has 2 rings (SSSR count). The van der Waals surface area contributed by atoms with Crippen molar-refractivity contribution in [3.05, 3.63) is 11.8 Å². The van der Waals surface area contributed by atoms with Crippen LogP contribution < -0.4 is 5.32 Å². The van der Waals surface area contributed by atoms with Crippen LogP contribution in [0.5, 0.6) is 0 Å². The predicted molar refractivity (Wildman–Crippen MR) is 92.6 cm³/mol. The van der Waals surface area contributed by atoms with Crippen LogP contribution in [0.4, 0.5) is 5.95 Å². The topological polar surface area (TPSA) is 131 Å². The SMILES string of the molecule is Cc1cc(-c2nnc(NC(=O)C(C)(C)S(=O)(=O)CCC(C)C)[nH]2)no1. The number of anilines is 1. The predicted octanol–water partition coefficient (Wildman–Crippen LogP) is 1.95. The highest BCUT2D eigenvalue weighted by Gasteiger charge is 2.41. The van der Waals surface area contributed by atoms with E-state index in [1.165, 1.54) is 13.8 Å². The molecule has 138 valence electrons. The van der Waals surface area contributed by atoms with Crippen LogP contribution in [-0.2, 0) is 14.6 Å². The molecule has 0 bridgehead atoms. The van der Waals surface area contributed by atoms with E-state index in [0.717, 1.165) is 0 Å². The molecule has 0 aliphatic carbocycles. The van der Waals surface area contributed by atoms with E-state index in [4.69, 9.17) is 4.52 Å². The first-order valence-electron chi connectivity index (χ1n) is 7.93. The number of carbonyl (C=O) groups is 1. The highest BCUT2D eigenvalue weighted by Crippen LogP contribution is 2.22. The molecule has 0 atom stereocenters. The number of amides is 1. The lowest BCUT2D eigenvalue weighted by Gasteiger charge is -2.23. The summed E-state index contributed by atoms with van der Waals surface area (Å²) in [5.74, 6) is 0.478. The molecule has 0 saturated carbocycles. The maximum Gasteiger partial charge on any atom is 0.247 e. The smallest absolute Gasteiger partial charge is 0.247 e. The van der Waals surface area contributed by atoms with Crippen LogP contribution in [0.2, 0.25) is 0 Å². The lowest BCUT2D eigenvalue weighted by Crippen LogP contribution is -2.46. The Hall–Kier alpha value is -2.23. The summed E-state index contributed by atoms with van der Waals surface area (Å²) in [5, 5.41) is 13.9. The molecule has 0 spiro atoms. The van der Waals surface area contributed by atoms with Gasteiger partial charge in [0.05, 0.1) is 5.75 Å². The number of carbonyl (C=O) groups excluding carboxylic acids is 1. The van der Waals surface area contributed by atoms with Crippen molar-refractivity contribution in [1.82, 2.24) is 20.3 Å². The van der Waals surface area contributed by atoms with E-state index in [2.05, 4.69) is 25.7 Å². The maximum atomic E-state index is 12.5. The van der Waals surface area contributed by atoms with E-state index in [0.29, 0.717) is 23.7 Å². The van der Waals surface area contributed by atoms with Crippen LogP contribution >= 0.6 is 0 Å². The lowest BCUT2D eigenvalue weighted by molar-refractivity contribution is -0.117. The largest absolute Gasteiger partial charge is 0.361 e. The van der Waals surface area contributed by atoms with Gasteiger partial charge in [-0.25, -0.2) is 8.42 Å². The van der Waals surface area contributed by atoms with Gasteiger partial charge in [0, 0.05) is 6.07 Å².